The Morgan fingerprint density at radius 2 is 1.66 bits per heavy atom. The minimum Gasteiger partial charge on any atom is -0.497 e. The summed E-state index contributed by atoms with van der Waals surface area (Å²) in [5, 5.41) is 13.6. The molecule has 10 nitrogen and oxygen atoms in total. The Balaban J connectivity index is 1.16. The van der Waals surface area contributed by atoms with Gasteiger partial charge >= 0.3 is 0 Å². The van der Waals surface area contributed by atoms with Gasteiger partial charge in [-0.1, -0.05) is 35.3 Å². The first-order chi connectivity index (χ1) is 22.8. The van der Waals surface area contributed by atoms with Gasteiger partial charge in [0.1, 0.15) is 5.75 Å². The smallest absolute Gasteiger partial charge is 0.271 e. The number of nitrogens with zero attached hydrogens (tertiary/aromatic N) is 2. The summed E-state index contributed by atoms with van der Waals surface area (Å²) in [4.78, 5) is 29.8. The zero-order valence-electron chi connectivity index (χ0n) is 25.3. The Kier molecular flexibility index (Phi) is 11.3. The molecule has 0 unspecified atom stereocenters. The average molecular weight is 691 g/mol. The van der Waals surface area contributed by atoms with E-state index in [-0.39, 0.29) is 23.3 Å². The summed E-state index contributed by atoms with van der Waals surface area (Å²) in [6, 6.07) is 24.6. The number of ether oxygens (including phenoxy) is 3. The summed E-state index contributed by atoms with van der Waals surface area (Å²) in [5.41, 5.74) is 6.62. The number of methoxy groups -OCH3 is 1. The molecule has 1 heterocycles. The first kappa shape index (κ1) is 33.3. The van der Waals surface area contributed by atoms with Crippen molar-refractivity contribution in [3.05, 3.63) is 111 Å². The Labute approximate surface area is 285 Å². The highest BCUT2D eigenvalue weighted by molar-refractivity contribution is 7.14. The molecule has 0 spiro atoms. The minimum absolute atomic E-state index is 0.213. The van der Waals surface area contributed by atoms with E-state index >= 15 is 0 Å². The maximum absolute atomic E-state index is 12.7. The average Bonchev–Trinajstić information content (AvgIpc) is 3.54. The Bertz CT molecular complexity index is 1860. The molecular weight excluding hydrogens is 661 g/mol. The number of thiazole rings is 1. The van der Waals surface area contributed by atoms with Gasteiger partial charge in [0.15, 0.2) is 23.2 Å². The summed E-state index contributed by atoms with van der Waals surface area (Å²) >= 11 is 13.9. The molecular formula is C34H29Cl2N5O5S. The summed E-state index contributed by atoms with van der Waals surface area (Å²) in [6.45, 7) is 1.85. The van der Waals surface area contributed by atoms with Crippen molar-refractivity contribution < 1.29 is 23.8 Å². The third-order valence-corrected chi connectivity index (χ3v) is 7.77. The number of anilines is 3. The molecule has 5 aromatic rings. The van der Waals surface area contributed by atoms with Gasteiger partial charge in [-0.15, -0.1) is 11.3 Å². The van der Waals surface area contributed by atoms with E-state index in [0.29, 0.717) is 39.9 Å². The monoisotopic (exact) mass is 689 g/mol. The Morgan fingerprint density at radius 3 is 2.36 bits per heavy atom. The van der Waals surface area contributed by atoms with Gasteiger partial charge in [-0.25, -0.2) is 10.4 Å². The van der Waals surface area contributed by atoms with Crippen LogP contribution in [0.4, 0.5) is 16.5 Å². The highest BCUT2D eigenvalue weighted by Gasteiger charge is 2.15. The van der Waals surface area contributed by atoms with Crippen LogP contribution in [0.1, 0.15) is 22.8 Å². The second kappa shape index (κ2) is 15.9. The van der Waals surface area contributed by atoms with Crippen molar-refractivity contribution in [2.75, 3.05) is 31.0 Å². The molecule has 0 aliphatic heterocycles. The third kappa shape index (κ3) is 9.23. The third-order valence-electron chi connectivity index (χ3n) is 6.48. The Hall–Kier alpha value is -5.10. The summed E-state index contributed by atoms with van der Waals surface area (Å²) in [5.74, 6) is 0.449. The van der Waals surface area contributed by atoms with Gasteiger partial charge in [0.25, 0.3) is 11.8 Å². The van der Waals surface area contributed by atoms with Crippen LogP contribution in [0, 0.1) is 0 Å². The van der Waals surface area contributed by atoms with E-state index in [1.165, 1.54) is 17.6 Å². The molecule has 0 bridgehead atoms. The molecule has 3 N–H and O–H groups in total. The molecule has 0 atom stereocenters. The van der Waals surface area contributed by atoms with E-state index in [9.17, 15) is 9.59 Å². The van der Waals surface area contributed by atoms with Crippen LogP contribution in [0.5, 0.6) is 17.2 Å². The summed E-state index contributed by atoms with van der Waals surface area (Å²) < 4.78 is 16.5. The predicted molar refractivity (Wildman–Crippen MR) is 187 cm³/mol. The van der Waals surface area contributed by atoms with Crippen LogP contribution in [0.3, 0.4) is 0 Å². The molecule has 0 saturated heterocycles. The van der Waals surface area contributed by atoms with Crippen LogP contribution >= 0.6 is 34.5 Å². The number of amides is 2. The van der Waals surface area contributed by atoms with Crippen molar-refractivity contribution in [2.45, 2.75) is 6.92 Å². The molecule has 0 radical (unpaired) electrons. The van der Waals surface area contributed by atoms with Crippen molar-refractivity contribution in [3.8, 4) is 28.5 Å². The number of halogens is 2. The van der Waals surface area contributed by atoms with Gasteiger partial charge in [0.2, 0.25) is 0 Å². The fourth-order valence-corrected chi connectivity index (χ4v) is 5.36. The normalized spacial score (nSPS) is 10.8. The minimum atomic E-state index is -0.393. The van der Waals surface area contributed by atoms with Gasteiger partial charge in [0.05, 0.1) is 30.6 Å². The van der Waals surface area contributed by atoms with Crippen LogP contribution in [0.25, 0.3) is 11.3 Å². The fourth-order valence-electron chi connectivity index (χ4n) is 4.22. The van der Waals surface area contributed by atoms with Crippen molar-refractivity contribution in [1.29, 1.82) is 0 Å². The number of nitrogens with one attached hydrogen (secondary N) is 3. The van der Waals surface area contributed by atoms with Crippen LogP contribution in [-0.4, -0.2) is 43.3 Å². The van der Waals surface area contributed by atoms with Crippen LogP contribution in [-0.2, 0) is 4.79 Å². The van der Waals surface area contributed by atoms with Crippen LogP contribution < -0.4 is 30.3 Å². The molecule has 0 aliphatic rings. The highest BCUT2D eigenvalue weighted by atomic mass is 35.5. The van der Waals surface area contributed by atoms with E-state index in [1.807, 2.05) is 36.6 Å². The van der Waals surface area contributed by atoms with Crippen molar-refractivity contribution in [3.63, 3.8) is 0 Å². The van der Waals surface area contributed by atoms with E-state index in [4.69, 9.17) is 37.4 Å². The topological polar surface area (TPSA) is 123 Å². The molecule has 2 amide bonds. The molecule has 0 fully saturated rings. The number of hydrogen-bond acceptors (Lipinski definition) is 9. The number of hydrazone groups is 1. The molecule has 13 heteroatoms. The van der Waals surface area contributed by atoms with Crippen LogP contribution in [0.15, 0.2) is 95.4 Å². The molecule has 1 aromatic heterocycles. The zero-order valence-corrected chi connectivity index (χ0v) is 27.6. The van der Waals surface area contributed by atoms with Gasteiger partial charge in [-0.3, -0.25) is 9.59 Å². The van der Waals surface area contributed by atoms with Gasteiger partial charge in [-0.2, -0.15) is 5.10 Å². The van der Waals surface area contributed by atoms with Crippen molar-refractivity contribution in [1.82, 2.24) is 10.4 Å². The van der Waals surface area contributed by atoms with Gasteiger partial charge in [0, 0.05) is 32.9 Å². The molecule has 0 saturated carbocycles. The number of carbonyl (C=O) groups excluding carboxylic acids is 2. The maximum atomic E-state index is 12.7. The van der Waals surface area contributed by atoms with Crippen molar-refractivity contribution >= 4 is 69.1 Å². The predicted octanol–water partition coefficient (Wildman–Crippen LogP) is 8.05. The fraction of sp³-hybridized carbons (Fsp3) is 0.118. The lowest BCUT2D eigenvalue weighted by atomic mass is 10.1. The second-order valence-corrected chi connectivity index (χ2v) is 11.5. The summed E-state index contributed by atoms with van der Waals surface area (Å²) in [6.07, 6.45) is 1.44. The Morgan fingerprint density at radius 1 is 0.936 bits per heavy atom. The number of hydrogen-bond donors (Lipinski definition) is 3. The van der Waals surface area contributed by atoms with Gasteiger partial charge in [-0.05, 0) is 85.3 Å². The molecule has 4 aromatic carbocycles. The van der Waals surface area contributed by atoms with E-state index < -0.39 is 5.91 Å². The standard InChI is InChI=1S/C34H29Cl2N5O5S/c1-3-45-30-17-21(16-28(36)32(30)46-19-31(42)38-25-12-14-27(44-2)15-13-25)18-37-41-33(43)23-6-4-22(5-7-23)29-20-47-34(40-29)39-26-10-8-24(35)9-11-26/h4-18,20H,3,19H2,1-2H3,(H,38,42)(H,39,40)(H,41,43)/b37-18-. The largest absolute Gasteiger partial charge is 0.497 e. The lowest BCUT2D eigenvalue weighted by Crippen LogP contribution is -2.20. The maximum Gasteiger partial charge on any atom is 0.271 e. The van der Waals surface area contributed by atoms with Gasteiger partial charge < -0.3 is 24.8 Å². The number of benzene rings is 4. The number of carbonyl (C=O) groups is 2. The second-order valence-electron chi connectivity index (χ2n) is 9.77. The lowest BCUT2D eigenvalue weighted by Gasteiger charge is -2.14. The molecule has 47 heavy (non-hydrogen) atoms. The first-order valence-corrected chi connectivity index (χ1v) is 15.9. The molecule has 240 valence electrons. The lowest BCUT2D eigenvalue weighted by molar-refractivity contribution is -0.118. The van der Waals surface area contributed by atoms with E-state index in [1.54, 1.807) is 67.8 Å². The SMILES string of the molecule is CCOc1cc(/C=N\NC(=O)c2ccc(-c3csc(Nc4ccc(Cl)cc4)n3)cc2)cc(Cl)c1OCC(=O)Nc1ccc(OC)cc1. The van der Waals surface area contributed by atoms with E-state index in [2.05, 4.69) is 26.1 Å². The highest BCUT2D eigenvalue weighted by Crippen LogP contribution is 2.36. The molecule has 0 aliphatic carbocycles. The molecule has 5 rings (SSSR count). The van der Waals surface area contributed by atoms with E-state index in [0.717, 1.165) is 22.1 Å². The first-order valence-electron chi connectivity index (χ1n) is 14.3. The zero-order chi connectivity index (χ0) is 33.2. The van der Waals surface area contributed by atoms with Crippen molar-refractivity contribution in [2.24, 2.45) is 5.10 Å². The van der Waals surface area contributed by atoms with Crippen LogP contribution in [0.2, 0.25) is 10.0 Å². The number of rotatable bonds is 13. The summed E-state index contributed by atoms with van der Waals surface area (Å²) in [7, 11) is 1.57. The quantitative estimate of drug-likeness (QED) is 0.0844. The number of aromatic nitrogens is 1.